The Morgan fingerprint density at radius 2 is 1.85 bits per heavy atom. The van der Waals surface area contributed by atoms with Crippen molar-refractivity contribution in [1.82, 2.24) is 0 Å². The van der Waals surface area contributed by atoms with Crippen molar-refractivity contribution in [3.63, 3.8) is 0 Å². The third-order valence-corrected chi connectivity index (χ3v) is 4.61. The van der Waals surface area contributed by atoms with E-state index in [1.54, 1.807) is 6.07 Å². The van der Waals surface area contributed by atoms with Crippen molar-refractivity contribution in [2.75, 3.05) is 7.11 Å². The van der Waals surface area contributed by atoms with E-state index in [1.807, 2.05) is 19.1 Å². The number of aliphatic hydroxyl groups is 1. The molecule has 2 aromatic carbocycles. The quantitative estimate of drug-likeness (QED) is 0.801. The molecule has 0 aromatic heterocycles. The third-order valence-electron chi connectivity index (χ3n) is 3.06. The van der Waals surface area contributed by atoms with Crippen LogP contribution >= 0.6 is 31.9 Å². The van der Waals surface area contributed by atoms with Crippen LogP contribution in [-0.2, 0) is 0 Å². The van der Waals surface area contributed by atoms with E-state index in [9.17, 15) is 9.50 Å². The van der Waals surface area contributed by atoms with E-state index in [0.29, 0.717) is 11.1 Å². The molecule has 0 radical (unpaired) electrons. The molecular weight excluding hydrogens is 391 g/mol. The van der Waals surface area contributed by atoms with Gasteiger partial charge in [0.15, 0.2) is 11.6 Å². The van der Waals surface area contributed by atoms with Gasteiger partial charge in [-0.3, -0.25) is 0 Å². The fourth-order valence-electron chi connectivity index (χ4n) is 1.90. The molecule has 2 nitrogen and oxygen atoms in total. The minimum atomic E-state index is -0.915. The smallest absolute Gasteiger partial charge is 0.165 e. The molecule has 0 aliphatic heterocycles. The maximum Gasteiger partial charge on any atom is 0.165 e. The van der Waals surface area contributed by atoms with Crippen molar-refractivity contribution in [1.29, 1.82) is 0 Å². The third kappa shape index (κ3) is 3.05. The molecule has 0 aliphatic rings. The number of hydrogen-bond donors (Lipinski definition) is 1. The zero-order valence-electron chi connectivity index (χ0n) is 11.0. The summed E-state index contributed by atoms with van der Waals surface area (Å²) in [5.41, 5.74) is 2.19. The monoisotopic (exact) mass is 402 g/mol. The molecule has 0 fully saturated rings. The first kappa shape index (κ1) is 15.5. The lowest BCUT2D eigenvalue weighted by atomic mass is 10.0. The van der Waals surface area contributed by atoms with Crippen molar-refractivity contribution in [2.24, 2.45) is 0 Å². The fourth-order valence-corrected chi connectivity index (χ4v) is 2.94. The first-order valence-electron chi connectivity index (χ1n) is 5.91. The molecule has 106 valence electrons. The van der Waals surface area contributed by atoms with Gasteiger partial charge in [-0.15, -0.1) is 0 Å². The summed E-state index contributed by atoms with van der Waals surface area (Å²) >= 11 is 6.86. The standard InChI is InChI=1S/C15H13Br2FO2/c1-8-5-12(17)10(7-11(8)16)15(19)9-3-4-14(20-2)13(18)6-9/h3-7,15,19H,1-2H3. The first-order chi connectivity index (χ1) is 9.43. The van der Waals surface area contributed by atoms with Gasteiger partial charge >= 0.3 is 0 Å². The maximum absolute atomic E-state index is 13.7. The van der Waals surface area contributed by atoms with E-state index >= 15 is 0 Å². The number of ether oxygens (including phenoxy) is 1. The molecule has 1 atom stereocenters. The van der Waals surface area contributed by atoms with Crippen molar-refractivity contribution < 1.29 is 14.2 Å². The van der Waals surface area contributed by atoms with Gasteiger partial charge in [0.25, 0.3) is 0 Å². The first-order valence-corrected chi connectivity index (χ1v) is 7.49. The Hall–Kier alpha value is -0.910. The zero-order chi connectivity index (χ0) is 14.9. The predicted octanol–water partition coefficient (Wildman–Crippen LogP) is 4.75. The minimum Gasteiger partial charge on any atom is -0.494 e. The fraction of sp³-hybridized carbons (Fsp3) is 0.200. The molecule has 0 amide bonds. The number of methoxy groups -OCH3 is 1. The number of benzene rings is 2. The average Bonchev–Trinajstić information content (AvgIpc) is 2.42. The summed E-state index contributed by atoms with van der Waals surface area (Å²) in [6.45, 7) is 1.96. The van der Waals surface area contributed by atoms with Crippen LogP contribution in [0.4, 0.5) is 4.39 Å². The number of hydrogen-bond acceptors (Lipinski definition) is 2. The van der Waals surface area contributed by atoms with Gasteiger partial charge in [0.2, 0.25) is 0 Å². The summed E-state index contributed by atoms with van der Waals surface area (Å²) in [6, 6.07) is 8.16. The molecule has 1 N–H and O–H groups in total. The molecule has 0 saturated carbocycles. The second-order valence-corrected chi connectivity index (χ2v) is 6.13. The van der Waals surface area contributed by atoms with Crippen LogP contribution in [0.3, 0.4) is 0 Å². The summed E-state index contributed by atoms with van der Waals surface area (Å²) in [5, 5.41) is 10.4. The lowest BCUT2D eigenvalue weighted by molar-refractivity contribution is 0.218. The molecule has 0 spiro atoms. The van der Waals surface area contributed by atoms with Gasteiger partial charge in [0, 0.05) is 14.5 Å². The highest BCUT2D eigenvalue weighted by atomic mass is 79.9. The highest BCUT2D eigenvalue weighted by molar-refractivity contribution is 9.11. The van der Waals surface area contributed by atoms with Gasteiger partial charge in [-0.2, -0.15) is 0 Å². The number of rotatable bonds is 3. The Balaban J connectivity index is 2.43. The van der Waals surface area contributed by atoms with Crippen LogP contribution in [0.15, 0.2) is 39.3 Å². The van der Waals surface area contributed by atoms with Gasteiger partial charge in [0.05, 0.1) is 7.11 Å². The molecule has 2 aromatic rings. The highest BCUT2D eigenvalue weighted by Gasteiger charge is 2.17. The Morgan fingerprint density at radius 1 is 1.15 bits per heavy atom. The van der Waals surface area contributed by atoms with Crippen molar-refractivity contribution in [3.8, 4) is 5.75 Å². The van der Waals surface area contributed by atoms with Gasteiger partial charge < -0.3 is 9.84 Å². The minimum absolute atomic E-state index is 0.158. The maximum atomic E-state index is 13.7. The van der Waals surface area contributed by atoms with E-state index in [1.165, 1.54) is 19.2 Å². The Labute approximate surface area is 133 Å². The van der Waals surface area contributed by atoms with Crippen LogP contribution in [0.2, 0.25) is 0 Å². The number of halogens is 3. The van der Waals surface area contributed by atoms with Gasteiger partial charge in [0.1, 0.15) is 6.10 Å². The Morgan fingerprint density at radius 3 is 2.45 bits per heavy atom. The van der Waals surface area contributed by atoms with Crippen LogP contribution in [-0.4, -0.2) is 12.2 Å². The van der Waals surface area contributed by atoms with Crippen molar-refractivity contribution in [2.45, 2.75) is 13.0 Å². The largest absolute Gasteiger partial charge is 0.494 e. The lowest BCUT2D eigenvalue weighted by Crippen LogP contribution is -2.02. The van der Waals surface area contributed by atoms with Gasteiger partial charge in [-0.05, 0) is 42.3 Å². The van der Waals surface area contributed by atoms with E-state index in [0.717, 1.165) is 14.5 Å². The summed E-state index contributed by atoms with van der Waals surface area (Å²) in [4.78, 5) is 0. The Bertz CT molecular complexity index is 644. The van der Waals surface area contributed by atoms with E-state index in [4.69, 9.17) is 4.74 Å². The van der Waals surface area contributed by atoms with Crippen LogP contribution in [0.25, 0.3) is 0 Å². The molecule has 20 heavy (non-hydrogen) atoms. The predicted molar refractivity (Wildman–Crippen MR) is 83.6 cm³/mol. The molecular formula is C15H13Br2FO2. The van der Waals surface area contributed by atoms with Crippen LogP contribution in [0.1, 0.15) is 22.8 Å². The van der Waals surface area contributed by atoms with Crippen molar-refractivity contribution in [3.05, 3.63) is 61.8 Å². The van der Waals surface area contributed by atoms with E-state index in [2.05, 4.69) is 31.9 Å². The molecule has 0 saturated heterocycles. The molecule has 0 bridgehead atoms. The number of aryl methyl sites for hydroxylation is 1. The van der Waals surface area contributed by atoms with Gasteiger partial charge in [-0.1, -0.05) is 37.9 Å². The summed E-state index contributed by atoms with van der Waals surface area (Å²) < 4.78 is 20.3. The molecule has 0 heterocycles. The van der Waals surface area contributed by atoms with E-state index in [-0.39, 0.29) is 5.75 Å². The van der Waals surface area contributed by atoms with E-state index < -0.39 is 11.9 Å². The second kappa shape index (κ2) is 6.24. The Kier molecular flexibility index (Phi) is 4.83. The number of aliphatic hydroxyl groups excluding tert-OH is 1. The zero-order valence-corrected chi connectivity index (χ0v) is 14.1. The molecule has 5 heteroatoms. The van der Waals surface area contributed by atoms with Crippen LogP contribution < -0.4 is 4.74 Å². The lowest BCUT2D eigenvalue weighted by Gasteiger charge is -2.15. The second-order valence-electron chi connectivity index (χ2n) is 4.42. The summed E-state index contributed by atoms with van der Waals surface area (Å²) in [6.07, 6.45) is -0.915. The topological polar surface area (TPSA) is 29.5 Å². The molecule has 2 rings (SSSR count). The molecule has 1 unspecified atom stereocenters. The SMILES string of the molecule is COc1ccc(C(O)c2cc(Br)c(C)cc2Br)cc1F. The van der Waals surface area contributed by atoms with Crippen molar-refractivity contribution >= 4 is 31.9 Å². The summed E-state index contributed by atoms with van der Waals surface area (Å²) in [5.74, 6) is -0.337. The average molecular weight is 404 g/mol. The normalized spacial score (nSPS) is 12.3. The summed E-state index contributed by atoms with van der Waals surface area (Å²) in [7, 11) is 1.40. The van der Waals surface area contributed by atoms with Crippen LogP contribution in [0.5, 0.6) is 5.75 Å². The highest BCUT2D eigenvalue weighted by Crippen LogP contribution is 2.34. The van der Waals surface area contributed by atoms with Gasteiger partial charge in [-0.25, -0.2) is 4.39 Å². The molecule has 0 aliphatic carbocycles. The van der Waals surface area contributed by atoms with Crippen LogP contribution in [0, 0.1) is 12.7 Å².